The van der Waals surface area contributed by atoms with Crippen molar-refractivity contribution in [3.05, 3.63) is 64.2 Å². The van der Waals surface area contributed by atoms with Crippen molar-refractivity contribution in [2.45, 2.75) is 20.4 Å². The molecule has 2 rings (SSSR count). The molecule has 0 unspecified atom stereocenters. The van der Waals surface area contributed by atoms with E-state index in [-0.39, 0.29) is 23.6 Å². The molecule has 0 saturated carbocycles. The first-order valence-corrected chi connectivity index (χ1v) is 6.46. The zero-order valence-corrected chi connectivity index (χ0v) is 11.8. The van der Waals surface area contributed by atoms with Gasteiger partial charge in [-0.2, -0.15) is 0 Å². The van der Waals surface area contributed by atoms with Crippen LogP contribution in [0.25, 0.3) is 0 Å². The van der Waals surface area contributed by atoms with Gasteiger partial charge in [0.2, 0.25) is 0 Å². The van der Waals surface area contributed by atoms with Crippen molar-refractivity contribution in [3.8, 4) is 0 Å². The first-order chi connectivity index (χ1) is 9.86. The summed E-state index contributed by atoms with van der Waals surface area (Å²) in [6.07, 6.45) is 0. The van der Waals surface area contributed by atoms with Crippen molar-refractivity contribution in [2.75, 3.05) is 5.73 Å². The van der Waals surface area contributed by atoms with Crippen LogP contribution in [0.15, 0.2) is 30.3 Å². The molecule has 0 spiro atoms. The average Bonchev–Trinajstić information content (AvgIpc) is 2.40. The van der Waals surface area contributed by atoms with Gasteiger partial charge in [-0.15, -0.1) is 0 Å². The standard InChI is InChI=1S/C16H16F2N2O/c1-9-3-11(4-10(2)15(9)18)8-20-16(21)12-5-13(17)7-14(19)6-12/h3-7H,8,19H2,1-2H3,(H,20,21). The van der Waals surface area contributed by atoms with Crippen molar-refractivity contribution < 1.29 is 13.6 Å². The van der Waals surface area contributed by atoms with E-state index < -0.39 is 11.7 Å². The number of carbonyl (C=O) groups excluding carboxylic acids is 1. The van der Waals surface area contributed by atoms with Gasteiger partial charge < -0.3 is 11.1 Å². The zero-order valence-electron chi connectivity index (χ0n) is 11.8. The molecule has 21 heavy (non-hydrogen) atoms. The maximum absolute atomic E-state index is 13.5. The Morgan fingerprint density at radius 1 is 1.10 bits per heavy atom. The molecule has 0 aliphatic carbocycles. The summed E-state index contributed by atoms with van der Waals surface area (Å²) in [6.45, 7) is 3.57. The first kappa shape index (κ1) is 15.0. The van der Waals surface area contributed by atoms with Crippen LogP contribution in [0.5, 0.6) is 0 Å². The van der Waals surface area contributed by atoms with E-state index in [1.54, 1.807) is 26.0 Å². The van der Waals surface area contributed by atoms with Crippen LogP contribution in [0, 0.1) is 25.5 Å². The number of aryl methyl sites for hydroxylation is 2. The van der Waals surface area contributed by atoms with Crippen molar-refractivity contribution in [1.82, 2.24) is 5.32 Å². The highest BCUT2D eigenvalue weighted by Gasteiger charge is 2.09. The largest absolute Gasteiger partial charge is 0.399 e. The zero-order chi connectivity index (χ0) is 15.6. The molecule has 5 heteroatoms. The summed E-state index contributed by atoms with van der Waals surface area (Å²) >= 11 is 0. The van der Waals surface area contributed by atoms with Crippen LogP contribution in [-0.2, 0) is 6.54 Å². The normalized spacial score (nSPS) is 10.5. The molecule has 0 fully saturated rings. The minimum atomic E-state index is -0.561. The summed E-state index contributed by atoms with van der Waals surface area (Å²) in [6, 6.07) is 7.00. The Morgan fingerprint density at radius 2 is 1.71 bits per heavy atom. The molecule has 1 amide bonds. The average molecular weight is 290 g/mol. The third-order valence-corrected chi connectivity index (χ3v) is 3.13. The van der Waals surface area contributed by atoms with Crippen LogP contribution in [0.4, 0.5) is 14.5 Å². The third-order valence-electron chi connectivity index (χ3n) is 3.13. The molecule has 0 aromatic heterocycles. The van der Waals surface area contributed by atoms with E-state index in [1.807, 2.05) is 0 Å². The predicted molar refractivity (Wildman–Crippen MR) is 77.9 cm³/mol. The van der Waals surface area contributed by atoms with Gasteiger partial charge in [0, 0.05) is 17.8 Å². The van der Waals surface area contributed by atoms with Crippen LogP contribution in [-0.4, -0.2) is 5.91 Å². The van der Waals surface area contributed by atoms with Crippen LogP contribution in [0.2, 0.25) is 0 Å². The van der Waals surface area contributed by atoms with Gasteiger partial charge in [0.25, 0.3) is 5.91 Å². The number of amides is 1. The summed E-state index contributed by atoms with van der Waals surface area (Å²) < 4.78 is 26.7. The molecule has 3 nitrogen and oxygen atoms in total. The molecular formula is C16H16F2N2O. The van der Waals surface area contributed by atoms with Crippen LogP contribution in [0.1, 0.15) is 27.0 Å². The second-order valence-electron chi connectivity index (χ2n) is 5.00. The van der Waals surface area contributed by atoms with E-state index in [4.69, 9.17) is 5.73 Å². The van der Waals surface area contributed by atoms with Gasteiger partial charge in [0.1, 0.15) is 11.6 Å². The Bertz CT molecular complexity index is 655. The minimum absolute atomic E-state index is 0.156. The number of carbonyl (C=O) groups is 1. The molecule has 2 aromatic rings. The number of nitrogen functional groups attached to an aromatic ring is 1. The highest BCUT2D eigenvalue weighted by Crippen LogP contribution is 2.15. The second kappa shape index (κ2) is 5.91. The number of nitrogens with one attached hydrogen (secondary N) is 1. The van der Waals surface area contributed by atoms with E-state index in [1.165, 1.54) is 6.07 Å². The van der Waals surface area contributed by atoms with Crippen LogP contribution < -0.4 is 11.1 Å². The number of anilines is 1. The van der Waals surface area contributed by atoms with Gasteiger partial charge in [-0.3, -0.25) is 4.79 Å². The monoisotopic (exact) mass is 290 g/mol. The van der Waals surface area contributed by atoms with Gasteiger partial charge in [-0.05, 0) is 48.7 Å². The Morgan fingerprint density at radius 3 is 2.29 bits per heavy atom. The minimum Gasteiger partial charge on any atom is -0.399 e. The molecule has 0 atom stereocenters. The quantitative estimate of drug-likeness (QED) is 0.853. The molecule has 0 heterocycles. The van der Waals surface area contributed by atoms with Gasteiger partial charge >= 0.3 is 0 Å². The summed E-state index contributed by atoms with van der Waals surface area (Å²) in [5.41, 5.74) is 7.67. The fourth-order valence-corrected chi connectivity index (χ4v) is 2.17. The van der Waals surface area contributed by atoms with Crippen molar-refractivity contribution in [1.29, 1.82) is 0 Å². The number of hydrogen-bond donors (Lipinski definition) is 2. The number of benzene rings is 2. The van der Waals surface area contributed by atoms with Gasteiger partial charge in [0.15, 0.2) is 0 Å². The van der Waals surface area contributed by atoms with Crippen LogP contribution in [0.3, 0.4) is 0 Å². The van der Waals surface area contributed by atoms with Crippen molar-refractivity contribution in [2.24, 2.45) is 0 Å². The number of nitrogens with two attached hydrogens (primary N) is 1. The molecule has 3 N–H and O–H groups in total. The van der Waals surface area contributed by atoms with Crippen molar-refractivity contribution in [3.63, 3.8) is 0 Å². The van der Waals surface area contributed by atoms with E-state index in [0.29, 0.717) is 11.1 Å². The van der Waals surface area contributed by atoms with E-state index in [9.17, 15) is 13.6 Å². The maximum Gasteiger partial charge on any atom is 0.251 e. The summed E-state index contributed by atoms with van der Waals surface area (Å²) in [4.78, 5) is 12.0. The number of halogens is 2. The second-order valence-corrected chi connectivity index (χ2v) is 5.00. The Balaban J connectivity index is 2.11. The number of hydrogen-bond acceptors (Lipinski definition) is 2. The third kappa shape index (κ3) is 3.56. The molecular weight excluding hydrogens is 274 g/mol. The van der Waals surface area contributed by atoms with E-state index in [0.717, 1.165) is 17.7 Å². The highest BCUT2D eigenvalue weighted by molar-refractivity contribution is 5.95. The smallest absolute Gasteiger partial charge is 0.251 e. The Hall–Kier alpha value is -2.43. The topological polar surface area (TPSA) is 55.1 Å². The maximum atomic E-state index is 13.5. The predicted octanol–water partition coefficient (Wildman–Crippen LogP) is 3.09. The molecule has 0 aliphatic heterocycles. The lowest BCUT2D eigenvalue weighted by atomic mass is 10.1. The fraction of sp³-hybridized carbons (Fsp3) is 0.188. The first-order valence-electron chi connectivity index (χ1n) is 6.46. The lowest BCUT2D eigenvalue weighted by Crippen LogP contribution is -2.23. The van der Waals surface area contributed by atoms with Gasteiger partial charge in [-0.1, -0.05) is 12.1 Å². The Labute approximate surface area is 121 Å². The molecule has 0 bridgehead atoms. The van der Waals surface area contributed by atoms with Crippen molar-refractivity contribution >= 4 is 11.6 Å². The van der Waals surface area contributed by atoms with E-state index in [2.05, 4.69) is 5.32 Å². The molecule has 2 aromatic carbocycles. The molecule has 110 valence electrons. The molecule has 0 saturated heterocycles. The summed E-state index contributed by atoms with van der Waals surface area (Å²) in [5, 5.41) is 2.66. The fourth-order valence-electron chi connectivity index (χ4n) is 2.17. The highest BCUT2D eigenvalue weighted by atomic mass is 19.1. The summed E-state index contributed by atoms with van der Waals surface area (Å²) in [5.74, 6) is -1.24. The van der Waals surface area contributed by atoms with Crippen LogP contribution >= 0.6 is 0 Å². The number of rotatable bonds is 3. The molecule has 0 radical (unpaired) electrons. The SMILES string of the molecule is Cc1cc(CNC(=O)c2cc(N)cc(F)c2)cc(C)c1F. The van der Waals surface area contributed by atoms with Gasteiger partial charge in [0.05, 0.1) is 0 Å². The Kier molecular flexibility index (Phi) is 4.21. The van der Waals surface area contributed by atoms with E-state index >= 15 is 0 Å². The summed E-state index contributed by atoms with van der Waals surface area (Å²) in [7, 11) is 0. The lowest BCUT2D eigenvalue weighted by molar-refractivity contribution is 0.0950. The lowest BCUT2D eigenvalue weighted by Gasteiger charge is -2.09. The van der Waals surface area contributed by atoms with Gasteiger partial charge in [-0.25, -0.2) is 8.78 Å². The molecule has 0 aliphatic rings.